The van der Waals surface area contributed by atoms with Crippen LogP contribution in [0.4, 0.5) is 16.2 Å². The summed E-state index contributed by atoms with van der Waals surface area (Å²) in [5, 5.41) is 5.85. The molecular weight excluding hydrogens is 233 g/mol. The molecule has 0 saturated heterocycles. The SMILES string of the molecule is CCNc1ncc(F)c(NCc2cccnc2)n1. The van der Waals surface area contributed by atoms with Crippen LogP contribution in [0.25, 0.3) is 0 Å². The summed E-state index contributed by atoms with van der Waals surface area (Å²) in [6.07, 6.45) is 4.56. The van der Waals surface area contributed by atoms with Crippen LogP contribution in [0.5, 0.6) is 0 Å². The van der Waals surface area contributed by atoms with Gasteiger partial charge < -0.3 is 10.6 Å². The van der Waals surface area contributed by atoms with E-state index in [0.717, 1.165) is 11.8 Å². The number of rotatable bonds is 5. The lowest BCUT2D eigenvalue weighted by Gasteiger charge is -2.08. The maximum Gasteiger partial charge on any atom is 0.224 e. The average Bonchev–Trinajstić information content (AvgIpc) is 2.41. The van der Waals surface area contributed by atoms with Crippen LogP contribution in [0.1, 0.15) is 12.5 Å². The first-order chi connectivity index (χ1) is 8.79. The second-order valence-electron chi connectivity index (χ2n) is 3.64. The summed E-state index contributed by atoms with van der Waals surface area (Å²) in [5.74, 6) is 0.123. The van der Waals surface area contributed by atoms with Crippen molar-refractivity contribution in [2.75, 3.05) is 17.2 Å². The normalized spacial score (nSPS) is 10.1. The highest BCUT2D eigenvalue weighted by Crippen LogP contribution is 2.12. The number of nitrogens with zero attached hydrogens (tertiary/aromatic N) is 3. The van der Waals surface area contributed by atoms with E-state index in [1.807, 2.05) is 19.1 Å². The van der Waals surface area contributed by atoms with Crippen molar-refractivity contribution in [1.82, 2.24) is 15.0 Å². The molecule has 18 heavy (non-hydrogen) atoms. The Hall–Kier alpha value is -2.24. The highest BCUT2D eigenvalue weighted by atomic mass is 19.1. The van der Waals surface area contributed by atoms with Gasteiger partial charge in [0.05, 0.1) is 6.20 Å². The van der Waals surface area contributed by atoms with Crippen molar-refractivity contribution in [2.24, 2.45) is 0 Å². The van der Waals surface area contributed by atoms with Crippen molar-refractivity contribution in [3.05, 3.63) is 42.1 Å². The number of halogens is 1. The van der Waals surface area contributed by atoms with E-state index in [9.17, 15) is 4.39 Å². The van der Waals surface area contributed by atoms with Crippen molar-refractivity contribution >= 4 is 11.8 Å². The van der Waals surface area contributed by atoms with Crippen molar-refractivity contribution in [3.63, 3.8) is 0 Å². The number of aromatic nitrogens is 3. The summed E-state index contributed by atoms with van der Waals surface area (Å²) in [6.45, 7) is 3.08. The molecule has 0 aromatic carbocycles. The van der Waals surface area contributed by atoms with E-state index >= 15 is 0 Å². The van der Waals surface area contributed by atoms with Gasteiger partial charge in [0.2, 0.25) is 5.95 Å². The summed E-state index contributed by atoms with van der Waals surface area (Å²) in [6, 6.07) is 3.74. The smallest absolute Gasteiger partial charge is 0.224 e. The van der Waals surface area contributed by atoms with Crippen LogP contribution in [-0.4, -0.2) is 21.5 Å². The third-order valence-corrected chi connectivity index (χ3v) is 2.26. The Morgan fingerprint density at radius 3 is 2.89 bits per heavy atom. The van der Waals surface area contributed by atoms with Gasteiger partial charge in [-0.3, -0.25) is 4.98 Å². The number of anilines is 2. The molecule has 0 aliphatic heterocycles. The van der Waals surface area contributed by atoms with Crippen molar-refractivity contribution in [1.29, 1.82) is 0 Å². The van der Waals surface area contributed by atoms with Crippen molar-refractivity contribution < 1.29 is 4.39 Å². The molecule has 0 radical (unpaired) electrons. The third kappa shape index (κ3) is 3.13. The Morgan fingerprint density at radius 2 is 2.17 bits per heavy atom. The van der Waals surface area contributed by atoms with Crippen LogP contribution < -0.4 is 10.6 Å². The number of pyridine rings is 1. The van der Waals surface area contributed by atoms with Gasteiger partial charge in [-0.2, -0.15) is 4.98 Å². The number of hydrogen-bond acceptors (Lipinski definition) is 5. The van der Waals surface area contributed by atoms with Gasteiger partial charge in [0.15, 0.2) is 11.6 Å². The first-order valence-electron chi connectivity index (χ1n) is 5.68. The minimum absolute atomic E-state index is 0.185. The molecule has 2 aromatic rings. The van der Waals surface area contributed by atoms with Gasteiger partial charge in [-0.25, -0.2) is 9.37 Å². The Bertz CT molecular complexity index is 503. The van der Waals surface area contributed by atoms with Gasteiger partial charge in [-0.1, -0.05) is 6.07 Å². The van der Waals surface area contributed by atoms with Gasteiger partial charge >= 0.3 is 0 Å². The summed E-state index contributed by atoms with van der Waals surface area (Å²) in [7, 11) is 0. The van der Waals surface area contributed by atoms with E-state index in [1.54, 1.807) is 12.4 Å². The zero-order valence-corrected chi connectivity index (χ0v) is 10.0. The second-order valence-corrected chi connectivity index (χ2v) is 3.64. The van der Waals surface area contributed by atoms with E-state index < -0.39 is 5.82 Å². The highest BCUT2D eigenvalue weighted by Gasteiger charge is 2.06. The highest BCUT2D eigenvalue weighted by molar-refractivity contribution is 5.41. The number of nitrogens with one attached hydrogen (secondary N) is 2. The molecule has 0 amide bonds. The van der Waals surface area contributed by atoms with E-state index in [0.29, 0.717) is 19.0 Å². The Morgan fingerprint density at radius 1 is 1.28 bits per heavy atom. The minimum atomic E-state index is -0.472. The molecule has 0 atom stereocenters. The van der Waals surface area contributed by atoms with E-state index in [1.165, 1.54) is 0 Å². The van der Waals surface area contributed by atoms with Crippen LogP contribution in [-0.2, 0) is 6.54 Å². The predicted octanol–water partition coefficient (Wildman–Crippen LogP) is 2.05. The Kier molecular flexibility index (Phi) is 4.01. The van der Waals surface area contributed by atoms with Gasteiger partial charge in [-0.15, -0.1) is 0 Å². The second kappa shape index (κ2) is 5.90. The molecule has 0 unspecified atom stereocenters. The van der Waals surface area contributed by atoms with E-state index in [4.69, 9.17) is 0 Å². The first kappa shape index (κ1) is 12.2. The molecular formula is C12H14FN5. The molecule has 2 rings (SSSR count). The van der Waals surface area contributed by atoms with Crippen LogP contribution >= 0.6 is 0 Å². The molecule has 6 heteroatoms. The maximum atomic E-state index is 13.5. The Labute approximate surface area is 105 Å². The number of hydrogen-bond donors (Lipinski definition) is 2. The largest absolute Gasteiger partial charge is 0.363 e. The fraction of sp³-hybridized carbons (Fsp3) is 0.250. The fourth-order valence-electron chi connectivity index (χ4n) is 1.42. The zero-order chi connectivity index (χ0) is 12.8. The molecule has 2 aromatic heterocycles. The molecule has 94 valence electrons. The van der Waals surface area contributed by atoms with Crippen LogP contribution in [0.2, 0.25) is 0 Å². The minimum Gasteiger partial charge on any atom is -0.363 e. The molecule has 2 N–H and O–H groups in total. The van der Waals surface area contributed by atoms with E-state index in [2.05, 4.69) is 25.6 Å². The topological polar surface area (TPSA) is 62.7 Å². The molecule has 5 nitrogen and oxygen atoms in total. The first-order valence-corrected chi connectivity index (χ1v) is 5.68. The lowest BCUT2D eigenvalue weighted by atomic mass is 10.3. The maximum absolute atomic E-state index is 13.5. The molecule has 2 heterocycles. The quantitative estimate of drug-likeness (QED) is 0.846. The molecule has 0 aliphatic carbocycles. The molecule has 0 aliphatic rings. The van der Waals surface area contributed by atoms with Crippen LogP contribution in [0.3, 0.4) is 0 Å². The molecule has 0 fully saturated rings. The fourth-order valence-corrected chi connectivity index (χ4v) is 1.42. The molecule has 0 saturated carbocycles. The predicted molar refractivity (Wildman–Crippen MR) is 67.7 cm³/mol. The zero-order valence-electron chi connectivity index (χ0n) is 10.0. The monoisotopic (exact) mass is 247 g/mol. The standard InChI is InChI=1S/C12H14FN5/c1-2-15-12-17-8-10(13)11(18-12)16-7-9-4-3-5-14-6-9/h3-6,8H,2,7H2,1H3,(H2,15,16,17,18). The van der Waals surface area contributed by atoms with Gasteiger partial charge in [0.1, 0.15) is 0 Å². The van der Waals surface area contributed by atoms with Gasteiger partial charge in [0, 0.05) is 25.5 Å². The lowest BCUT2D eigenvalue weighted by molar-refractivity contribution is 0.617. The molecule has 0 spiro atoms. The summed E-state index contributed by atoms with van der Waals surface area (Å²) < 4.78 is 13.5. The third-order valence-electron chi connectivity index (χ3n) is 2.26. The van der Waals surface area contributed by atoms with E-state index in [-0.39, 0.29) is 5.82 Å². The summed E-state index contributed by atoms with van der Waals surface area (Å²) in [4.78, 5) is 11.9. The van der Waals surface area contributed by atoms with Gasteiger partial charge in [-0.05, 0) is 18.6 Å². The lowest BCUT2D eigenvalue weighted by Crippen LogP contribution is -2.08. The van der Waals surface area contributed by atoms with Crippen LogP contribution in [0, 0.1) is 5.82 Å². The van der Waals surface area contributed by atoms with Crippen molar-refractivity contribution in [3.8, 4) is 0 Å². The summed E-state index contributed by atoms with van der Waals surface area (Å²) >= 11 is 0. The molecule has 0 bridgehead atoms. The van der Waals surface area contributed by atoms with Crippen LogP contribution in [0.15, 0.2) is 30.7 Å². The Balaban J connectivity index is 2.06. The average molecular weight is 247 g/mol. The summed E-state index contributed by atoms with van der Waals surface area (Å²) in [5.41, 5.74) is 0.959. The van der Waals surface area contributed by atoms with Gasteiger partial charge in [0.25, 0.3) is 0 Å². The van der Waals surface area contributed by atoms with Crippen molar-refractivity contribution in [2.45, 2.75) is 13.5 Å².